The zero-order chi connectivity index (χ0) is 31.9. The number of hydrogen-bond acceptors (Lipinski definition) is 6. The summed E-state index contributed by atoms with van der Waals surface area (Å²) in [6.45, 7) is 14.9. The second-order valence-corrected chi connectivity index (χ2v) is 13.0. The van der Waals surface area contributed by atoms with E-state index in [0.717, 1.165) is 17.7 Å². The fourth-order valence-electron chi connectivity index (χ4n) is 5.30. The van der Waals surface area contributed by atoms with Crippen LogP contribution in [0.4, 0.5) is 16.2 Å². The van der Waals surface area contributed by atoms with Crippen LogP contribution >= 0.6 is 0 Å². The molecule has 234 valence electrons. The van der Waals surface area contributed by atoms with Gasteiger partial charge in [0.15, 0.2) is 0 Å². The van der Waals surface area contributed by atoms with E-state index in [9.17, 15) is 24.3 Å². The van der Waals surface area contributed by atoms with Gasteiger partial charge in [-0.15, -0.1) is 0 Å². The number of ether oxygens (including phenoxy) is 2. The number of rotatable bonds is 10. The molecule has 1 fully saturated rings. The van der Waals surface area contributed by atoms with Crippen LogP contribution in [-0.4, -0.2) is 60.4 Å². The minimum absolute atomic E-state index is 0.0498. The SMILES string of the molecule is CCOCC1CCN(c2ccc(C(C(NC(=O)OC(C)(C)C)C(=O)Nc3ccc(C(=O)O)cc3)C(C)(C)C)cc2)C(=O)C1. The molecule has 2 aromatic carbocycles. The Morgan fingerprint density at radius 1 is 1.00 bits per heavy atom. The number of carbonyl (C=O) groups is 4. The van der Waals surface area contributed by atoms with Crippen LogP contribution < -0.4 is 15.5 Å². The number of nitrogens with zero attached hydrogens (tertiary/aromatic N) is 1. The second-order valence-electron chi connectivity index (χ2n) is 13.0. The lowest BCUT2D eigenvalue weighted by Crippen LogP contribution is -2.51. The first-order valence-corrected chi connectivity index (χ1v) is 14.7. The van der Waals surface area contributed by atoms with Crippen molar-refractivity contribution in [3.63, 3.8) is 0 Å². The molecule has 43 heavy (non-hydrogen) atoms. The Morgan fingerprint density at radius 2 is 1.63 bits per heavy atom. The number of hydrogen-bond donors (Lipinski definition) is 3. The smallest absolute Gasteiger partial charge is 0.408 e. The molecular formula is C33H45N3O7. The zero-order valence-electron chi connectivity index (χ0n) is 26.2. The fraction of sp³-hybridized carbons (Fsp3) is 0.515. The monoisotopic (exact) mass is 595 g/mol. The van der Waals surface area contributed by atoms with Crippen LogP contribution in [0, 0.1) is 11.3 Å². The molecule has 3 atom stereocenters. The largest absolute Gasteiger partial charge is 0.478 e. The molecule has 3 N–H and O–H groups in total. The Bertz CT molecular complexity index is 1280. The van der Waals surface area contributed by atoms with E-state index in [1.54, 1.807) is 25.7 Å². The predicted molar refractivity (Wildman–Crippen MR) is 165 cm³/mol. The number of amides is 3. The lowest BCUT2D eigenvalue weighted by Gasteiger charge is -2.38. The highest BCUT2D eigenvalue weighted by Crippen LogP contribution is 2.39. The van der Waals surface area contributed by atoms with Gasteiger partial charge in [0, 0.05) is 43.5 Å². The number of nitrogens with one attached hydrogen (secondary N) is 2. The van der Waals surface area contributed by atoms with Crippen molar-refractivity contribution in [3.05, 3.63) is 59.7 Å². The fourth-order valence-corrected chi connectivity index (χ4v) is 5.30. The summed E-state index contributed by atoms with van der Waals surface area (Å²) in [6, 6.07) is 12.3. The molecule has 1 saturated heterocycles. The summed E-state index contributed by atoms with van der Waals surface area (Å²) in [4.78, 5) is 52.7. The van der Waals surface area contributed by atoms with Gasteiger partial charge in [0.1, 0.15) is 11.6 Å². The summed E-state index contributed by atoms with van der Waals surface area (Å²) in [7, 11) is 0. The zero-order valence-corrected chi connectivity index (χ0v) is 26.2. The molecule has 0 aromatic heterocycles. The molecule has 3 amide bonds. The molecule has 3 unspecified atom stereocenters. The maximum Gasteiger partial charge on any atom is 0.408 e. The normalized spacial score (nSPS) is 17.1. The molecule has 0 radical (unpaired) electrons. The number of carbonyl (C=O) groups excluding carboxylic acids is 3. The van der Waals surface area contributed by atoms with E-state index in [4.69, 9.17) is 9.47 Å². The van der Waals surface area contributed by atoms with Gasteiger partial charge in [0.25, 0.3) is 0 Å². The minimum Gasteiger partial charge on any atom is -0.478 e. The highest BCUT2D eigenvalue weighted by Gasteiger charge is 2.40. The molecule has 0 bridgehead atoms. The van der Waals surface area contributed by atoms with Gasteiger partial charge >= 0.3 is 12.1 Å². The van der Waals surface area contributed by atoms with Crippen LogP contribution in [-0.2, 0) is 19.1 Å². The number of carboxylic acids is 1. The van der Waals surface area contributed by atoms with Crippen LogP contribution in [0.1, 0.15) is 83.1 Å². The maximum atomic E-state index is 13.8. The Labute approximate surface area is 254 Å². The summed E-state index contributed by atoms with van der Waals surface area (Å²) in [5, 5.41) is 14.8. The number of piperidine rings is 1. The van der Waals surface area contributed by atoms with Crippen molar-refractivity contribution in [1.29, 1.82) is 0 Å². The first kappa shape index (κ1) is 33.6. The molecule has 10 nitrogen and oxygen atoms in total. The van der Waals surface area contributed by atoms with Crippen molar-refractivity contribution in [2.24, 2.45) is 11.3 Å². The van der Waals surface area contributed by atoms with Crippen molar-refractivity contribution in [1.82, 2.24) is 5.32 Å². The van der Waals surface area contributed by atoms with Crippen LogP contribution in [0.15, 0.2) is 48.5 Å². The minimum atomic E-state index is -1.07. The maximum absolute atomic E-state index is 13.8. The third kappa shape index (κ3) is 9.54. The molecule has 0 spiro atoms. The van der Waals surface area contributed by atoms with Crippen molar-refractivity contribution in [3.8, 4) is 0 Å². The van der Waals surface area contributed by atoms with Crippen LogP contribution in [0.2, 0.25) is 0 Å². The molecule has 3 rings (SSSR count). The summed E-state index contributed by atoms with van der Waals surface area (Å²) >= 11 is 0. The lowest BCUT2D eigenvalue weighted by molar-refractivity contribution is -0.121. The number of aromatic carboxylic acids is 1. The van der Waals surface area contributed by atoms with E-state index in [1.807, 2.05) is 52.0 Å². The van der Waals surface area contributed by atoms with Gasteiger partial charge in [-0.05, 0) is 87.4 Å². The number of alkyl carbamates (subject to hydrolysis) is 1. The predicted octanol–water partition coefficient (Wildman–Crippen LogP) is 5.83. The van der Waals surface area contributed by atoms with E-state index in [1.165, 1.54) is 24.3 Å². The van der Waals surface area contributed by atoms with Gasteiger partial charge in [0.2, 0.25) is 11.8 Å². The van der Waals surface area contributed by atoms with Crippen LogP contribution in [0.5, 0.6) is 0 Å². The van der Waals surface area contributed by atoms with E-state index < -0.39 is 40.9 Å². The molecule has 1 aliphatic heterocycles. The third-order valence-corrected chi connectivity index (χ3v) is 7.27. The Morgan fingerprint density at radius 3 is 2.14 bits per heavy atom. The topological polar surface area (TPSA) is 134 Å². The van der Waals surface area contributed by atoms with Gasteiger partial charge < -0.3 is 30.1 Å². The van der Waals surface area contributed by atoms with Crippen molar-refractivity contribution in [2.45, 2.75) is 78.9 Å². The molecule has 0 saturated carbocycles. The standard InChI is InChI=1S/C33H45N3O7/c1-8-42-20-21-17-18-36(26(37)19-21)25-15-11-22(12-16-25)27(32(2,3)4)28(35-31(41)43-33(5,6)7)29(38)34-24-13-9-23(10-14-24)30(39)40/h9-16,21,27-28H,8,17-20H2,1-7H3,(H,34,38)(H,35,41)(H,39,40). The van der Waals surface area contributed by atoms with Gasteiger partial charge in [0.05, 0.1) is 5.56 Å². The average molecular weight is 596 g/mol. The summed E-state index contributed by atoms with van der Waals surface area (Å²) in [5.74, 6) is -1.79. The van der Waals surface area contributed by atoms with E-state index in [-0.39, 0.29) is 17.4 Å². The second kappa shape index (κ2) is 14.0. The van der Waals surface area contributed by atoms with Gasteiger partial charge in [-0.25, -0.2) is 9.59 Å². The summed E-state index contributed by atoms with van der Waals surface area (Å²) in [5.41, 5.74) is 0.771. The first-order valence-electron chi connectivity index (χ1n) is 14.7. The van der Waals surface area contributed by atoms with Crippen LogP contribution in [0.3, 0.4) is 0 Å². The van der Waals surface area contributed by atoms with E-state index in [2.05, 4.69) is 10.6 Å². The van der Waals surface area contributed by atoms with Gasteiger partial charge in [-0.3, -0.25) is 9.59 Å². The third-order valence-electron chi connectivity index (χ3n) is 7.27. The number of benzene rings is 2. The van der Waals surface area contributed by atoms with Gasteiger partial charge in [-0.1, -0.05) is 32.9 Å². The first-order chi connectivity index (χ1) is 20.1. The van der Waals surface area contributed by atoms with Gasteiger partial charge in [-0.2, -0.15) is 0 Å². The molecule has 1 aliphatic rings. The van der Waals surface area contributed by atoms with Crippen molar-refractivity contribution < 1.29 is 33.8 Å². The molecular weight excluding hydrogens is 550 g/mol. The lowest BCUT2D eigenvalue weighted by atomic mass is 9.72. The quantitative estimate of drug-likeness (QED) is 0.315. The highest BCUT2D eigenvalue weighted by molar-refractivity contribution is 5.98. The number of carboxylic acid groups (broad SMARTS) is 1. The Kier molecular flexibility index (Phi) is 11.0. The highest BCUT2D eigenvalue weighted by atomic mass is 16.6. The number of anilines is 2. The van der Waals surface area contributed by atoms with Crippen molar-refractivity contribution in [2.75, 3.05) is 30.0 Å². The molecule has 0 aliphatic carbocycles. The molecule has 2 aromatic rings. The Hall–Kier alpha value is -3.92. The van der Waals surface area contributed by atoms with Crippen molar-refractivity contribution >= 4 is 35.3 Å². The summed E-state index contributed by atoms with van der Waals surface area (Å²) in [6.07, 6.45) is 0.551. The average Bonchev–Trinajstić information content (AvgIpc) is 2.90. The van der Waals surface area contributed by atoms with E-state index >= 15 is 0 Å². The van der Waals surface area contributed by atoms with Crippen LogP contribution in [0.25, 0.3) is 0 Å². The molecule has 10 heteroatoms. The summed E-state index contributed by atoms with van der Waals surface area (Å²) < 4.78 is 11.0. The van der Waals surface area contributed by atoms with E-state index in [0.29, 0.717) is 31.9 Å². The Balaban J connectivity index is 1.90. The molecule has 1 heterocycles.